The van der Waals surface area contributed by atoms with E-state index >= 15 is 0 Å². The van der Waals surface area contributed by atoms with Gasteiger partial charge in [0.15, 0.2) is 0 Å². The smallest absolute Gasteiger partial charge is 0.231 e. The summed E-state index contributed by atoms with van der Waals surface area (Å²) in [5.74, 6) is 3.32. The molecule has 0 aliphatic rings. The number of hydrogen-bond donors (Lipinski definition) is 2. The van der Waals surface area contributed by atoms with Gasteiger partial charge in [-0.1, -0.05) is 24.6 Å². The normalized spacial score (nSPS) is 9.60. The molecule has 1 rings (SSSR count). The summed E-state index contributed by atoms with van der Waals surface area (Å²) < 4.78 is 0. The number of hydrogen-bond acceptors (Lipinski definition) is 4. The molecule has 2 N–H and O–H groups in total. The molecule has 0 spiro atoms. The fourth-order valence-electron chi connectivity index (χ4n) is 0.831. The van der Waals surface area contributed by atoms with Crippen LogP contribution in [0.3, 0.4) is 0 Å². The van der Waals surface area contributed by atoms with E-state index in [2.05, 4.69) is 26.4 Å². The molecule has 0 aliphatic heterocycles. The highest BCUT2D eigenvalue weighted by Crippen LogP contribution is 2.11. The number of nitrogens with one attached hydrogen (secondary N) is 2. The maximum Gasteiger partial charge on any atom is 0.231 e. The second-order valence-corrected chi connectivity index (χ2v) is 3.63. The molecule has 6 heteroatoms. The maximum atomic E-state index is 11.2. The third-order valence-corrected chi connectivity index (χ3v) is 2.41. The quantitative estimate of drug-likeness (QED) is 0.554. The monoisotopic (exact) mass is 224 g/mol. The third-order valence-electron chi connectivity index (χ3n) is 1.57. The largest absolute Gasteiger partial charge is 0.344 e. The Morgan fingerprint density at radius 1 is 1.73 bits per heavy atom. The van der Waals surface area contributed by atoms with Crippen LogP contribution in [0, 0.1) is 12.3 Å². The van der Waals surface area contributed by atoms with Crippen molar-refractivity contribution in [2.75, 3.05) is 12.3 Å². The van der Waals surface area contributed by atoms with Crippen LogP contribution in [-0.4, -0.2) is 33.4 Å². The van der Waals surface area contributed by atoms with Crippen molar-refractivity contribution >= 4 is 17.7 Å². The summed E-state index contributed by atoms with van der Waals surface area (Å²) in [6.07, 6.45) is 5.81. The van der Waals surface area contributed by atoms with Crippen LogP contribution in [-0.2, 0) is 11.2 Å². The molecule has 0 radical (unpaired) electrons. The zero-order chi connectivity index (χ0) is 11.1. The maximum absolute atomic E-state index is 11.2. The molecule has 5 nitrogen and oxygen atoms in total. The summed E-state index contributed by atoms with van der Waals surface area (Å²) in [6.45, 7) is 2.24. The Balaban J connectivity index is 2.31. The van der Waals surface area contributed by atoms with E-state index in [4.69, 9.17) is 6.42 Å². The molecule has 0 bridgehead atoms. The lowest BCUT2D eigenvalue weighted by Gasteiger charge is -1.97. The summed E-state index contributed by atoms with van der Waals surface area (Å²) in [6, 6.07) is 0. The number of terminal acetylenes is 1. The Bertz CT molecular complexity index is 368. The average molecular weight is 224 g/mol. The van der Waals surface area contributed by atoms with E-state index in [1.165, 1.54) is 11.8 Å². The molecular formula is C9H12N4OS. The predicted molar refractivity (Wildman–Crippen MR) is 58.3 cm³/mol. The highest BCUT2D eigenvalue weighted by molar-refractivity contribution is 7.99. The minimum Gasteiger partial charge on any atom is -0.344 e. The van der Waals surface area contributed by atoms with Gasteiger partial charge in [-0.2, -0.15) is 0 Å². The van der Waals surface area contributed by atoms with Crippen LogP contribution >= 0.6 is 11.8 Å². The van der Waals surface area contributed by atoms with Gasteiger partial charge in [0.1, 0.15) is 5.82 Å². The first-order valence-corrected chi connectivity index (χ1v) is 5.49. The van der Waals surface area contributed by atoms with E-state index in [9.17, 15) is 4.79 Å². The van der Waals surface area contributed by atoms with Crippen LogP contribution < -0.4 is 5.32 Å². The molecular weight excluding hydrogens is 212 g/mol. The van der Waals surface area contributed by atoms with Gasteiger partial charge in [0.25, 0.3) is 0 Å². The Morgan fingerprint density at radius 3 is 3.13 bits per heavy atom. The Kier molecular flexibility index (Phi) is 4.71. The zero-order valence-corrected chi connectivity index (χ0v) is 9.23. The van der Waals surface area contributed by atoms with Gasteiger partial charge < -0.3 is 5.32 Å². The van der Waals surface area contributed by atoms with Crippen molar-refractivity contribution in [2.45, 2.75) is 18.5 Å². The molecule has 1 amide bonds. The lowest BCUT2D eigenvalue weighted by molar-refractivity contribution is -0.118. The van der Waals surface area contributed by atoms with Gasteiger partial charge in [-0.05, 0) is 0 Å². The molecule has 0 aromatic carbocycles. The first-order valence-electron chi connectivity index (χ1n) is 4.50. The van der Waals surface area contributed by atoms with Crippen molar-refractivity contribution in [1.82, 2.24) is 20.5 Å². The van der Waals surface area contributed by atoms with Gasteiger partial charge >= 0.3 is 0 Å². The van der Waals surface area contributed by atoms with Crippen molar-refractivity contribution in [3.63, 3.8) is 0 Å². The van der Waals surface area contributed by atoms with Gasteiger partial charge in [0.2, 0.25) is 11.1 Å². The molecule has 1 aromatic heterocycles. The summed E-state index contributed by atoms with van der Waals surface area (Å²) in [7, 11) is 0. The van der Waals surface area contributed by atoms with Crippen LogP contribution in [0.2, 0.25) is 0 Å². The topological polar surface area (TPSA) is 70.7 Å². The van der Waals surface area contributed by atoms with Crippen LogP contribution in [0.4, 0.5) is 0 Å². The van der Waals surface area contributed by atoms with Crippen LogP contribution in [0.5, 0.6) is 0 Å². The van der Waals surface area contributed by atoms with Crippen LogP contribution in [0.25, 0.3) is 0 Å². The molecule has 80 valence electrons. The minimum atomic E-state index is -0.110. The number of aryl methyl sites for hydroxylation is 1. The Morgan fingerprint density at radius 2 is 2.53 bits per heavy atom. The number of amides is 1. The summed E-state index contributed by atoms with van der Waals surface area (Å²) >= 11 is 1.28. The van der Waals surface area contributed by atoms with Crippen molar-refractivity contribution in [2.24, 2.45) is 0 Å². The van der Waals surface area contributed by atoms with Crippen molar-refractivity contribution < 1.29 is 4.79 Å². The minimum absolute atomic E-state index is 0.110. The van der Waals surface area contributed by atoms with E-state index in [1.807, 2.05) is 6.92 Å². The number of rotatable bonds is 5. The molecule has 1 heterocycles. The van der Waals surface area contributed by atoms with E-state index in [0.29, 0.717) is 5.16 Å². The summed E-state index contributed by atoms with van der Waals surface area (Å²) in [4.78, 5) is 15.3. The average Bonchev–Trinajstić information content (AvgIpc) is 2.71. The molecule has 0 atom stereocenters. The number of carbonyl (C=O) groups is 1. The fraction of sp³-hybridized carbons (Fsp3) is 0.444. The van der Waals surface area contributed by atoms with Crippen molar-refractivity contribution in [1.29, 1.82) is 0 Å². The molecule has 0 unspecified atom stereocenters. The first kappa shape index (κ1) is 11.6. The molecule has 1 aromatic rings. The molecule has 0 fully saturated rings. The lowest BCUT2D eigenvalue weighted by atomic mass is 10.5. The number of nitrogens with zero attached hydrogens (tertiary/aromatic N) is 2. The van der Waals surface area contributed by atoms with Gasteiger partial charge in [-0.25, -0.2) is 4.98 Å². The van der Waals surface area contributed by atoms with Gasteiger partial charge in [0.05, 0.1) is 12.3 Å². The van der Waals surface area contributed by atoms with Gasteiger partial charge in [-0.15, -0.1) is 11.5 Å². The predicted octanol–water partition coefficient (Wildman–Crippen LogP) is 0.209. The molecule has 0 saturated carbocycles. The Hall–Kier alpha value is -1.48. The number of carbonyl (C=O) groups excluding carboxylic acids is 1. The second-order valence-electron chi connectivity index (χ2n) is 2.69. The number of thioether (sulfide) groups is 1. The van der Waals surface area contributed by atoms with E-state index in [0.717, 1.165) is 12.2 Å². The van der Waals surface area contributed by atoms with Gasteiger partial charge in [-0.3, -0.25) is 9.89 Å². The van der Waals surface area contributed by atoms with E-state index < -0.39 is 0 Å². The standard InChI is InChI=1S/C9H12N4OS/c1-3-5-10-8(14)6-15-9-11-7(4-2)12-13-9/h1H,4-6H2,2H3,(H,10,14)(H,11,12,13). The third kappa shape index (κ3) is 4.04. The molecule has 15 heavy (non-hydrogen) atoms. The number of H-pyrrole nitrogens is 1. The van der Waals surface area contributed by atoms with Crippen LogP contribution in [0.1, 0.15) is 12.7 Å². The Labute approximate surface area is 92.4 Å². The van der Waals surface area contributed by atoms with Crippen molar-refractivity contribution in [3.05, 3.63) is 5.82 Å². The van der Waals surface area contributed by atoms with Crippen LogP contribution in [0.15, 0.2) is 5.16 Å². The summed E-state index contributed by atoms with van der Waals surface area (Å²) in [5, 5.41) is 9.87. The number of aromatic amines is 1. The van der Waals surface area contributed by atoms with E-state index in [-0.39, 0.29) is 18.2 Å². The van der Waals surface area contributed by atoms with E-state index in [1.54, 1.807) is 0 Å². The summed E-state index contributed by atoms with van der Waals surface area (Å²) in [5.41, 5.74) is 0. The lowest BCUT2D eigenvalue weighted by Crippen LogP contribution is -2.25. The second kappa shape index (κ2) is 6.09. The number of aromatic nitrogens is 3. The van der Waals surface area contributed by atoms with Gasteiger partial charge in [0, 0.05) is 6.42 Å². The molecule has 0 aliphatic carbocycles. The van der Waals surface area contributed by atoms with Crippen molar-refractivity contribution in [3.8, 4) is 12.3 Å². The highest BCUT2D eigenvalue weighted by Gasteiger charge is 2.05. The molecule has 0 saturated heterocycles. The zero-order valence-electron chi connectivity index (χ0n) is 8.41. The fourth-order valence-corrected chi connectivity index (χ4v) is 1.48. The highest BCUT2D eigenvalue weighted by atomic mass is 32.2. The first-order chi connectivity index (χ1) is 7.26. The SMILES string of the molecule is C#CCNC(=O)CSc1n[nH]c(CC)n1.